The minimum atomic E-state index is -0.523. The summed E-state index contributed by atoms with van der Waals surface area (Å²) in [6, 6.07) is 18.3. The predicted octanol–water partition coefficient (Wildman–Crippen LogP) is 8.09. The number of halogens is 2. The minimum Gasteiger partial charge on any atom is -0.453 e. The van der Waals surface area contributed by atoms with Gasteiger partial charge in [-0.25, -0.2) is 8.78 Å². The number of rotatable bonds is 14. The number of carbonyl (C=O) groups is 1. The monoisotopic (exact) mass is 615 g/mol. The number of aromatic nitrogens is 2. The van der Waals surface area contributed by atoms with Gasteiger partial charge in [-0.15, -0.1) is 11.3 Å². The van der Waals surface area contributed by atoms with E-state index in [1.54, 1.807) is 36.5 Å². The van der Waals surface area contributed by atoms with Crippen molar-refractivity contribution in [1.82, 2.24) is 15.3 Å². The molecule has 1 N–H and O–H groups in total. The number of ketones is 1. The lowest BCUT2D eigenvalue weighted by Gasteiger charge is -2.10. The quantitative estimate of drug-likeness (QED) is 0.101. The number of carbonyl (C=O) groups excluding carboxylic acids is 1. The van der Waals surface area contributed by atoms with Gasteiger partial charge in [0.15, 0.2) is 11.6 Å². The zero-order valence-electron chi connectivity index (χ0n) is 23.7. The number of ether oxygens (including phenoxy) is 1. The van der Waals surface area contributed by atoms with Crippen molar-refractivity contribution in [2.75, 3.05) is 13.1 Å². The van der Waals surface area contributed by atoms with Crippen LogP contribution in [0.4, 0.5) is 8.78 Å². The van der Waals surface area contributed by atoms with Gasteiger partial charge in [-0.3, -0.25) is 14.8 Å². The molecule has 43 heavy (non-hydrogen) atoms. The number of nitrogens with zero attached hydrogens (tertiary/aromatic N) is 2. The van der Waals surface area contributed by atoms with Crippen LogP contribution in [0.3, 0.4) is 0 Å². The lowest BCUT2D eigenvalue weighted by Crippen LogP contribution is -2.17. The van der Waals surface area contributed by atoms with Gasteiger partial charge in [-0.2, -0.15) is 0 Å². The molecule has 0 amide bonds. The number of nitrogens with one attached hydrogen (secondary N) is 1. The Hall–Kier alpha value is -3.92. The lowest BCUT2D eigenvalue weighted by atomic mass is 10.0. The summed E-state index contributed by atoms with van der Waals surface area (Å²) >= 11 is 6.91. The number of hydrogen-bond acceptors (Lipinski definition) is 7. The number of fused-ring (bicyclic) bond motifs is 1. The topological polar surface area (TPSA) is 64.1 Å². The number of benzene rings is 2. The van der Waals surface area contributed by atoms with E-state index in [1.807, 2.05) is 18.3 Å². The van der Waals surface area contributed by atoms with Crippen molar-refractivity contribution in [2.24, 2.45) is 0 Å². The van der Waals surface area contributed by atoms with Crippen molar-refractivity contribution >= 4 is 44.4 Å². The van der Waals surface area contributed by atoms with E-state index in [2.05, 4.69) is 28.3 Å². The van der Waals surface area contributed by atoms with E-state index in [1.165, 1.54) is 35.1 Å². The molecule has 5 aromatic rings. The van der Waals surface area contributed by atoms with Crippen LogP contribution in [-0.4, -0.2) is 33.7 Å². The van der Waals surface area contributed by atoms with Crippen LogP contribution in [0.2, 0.25) is 0 Å². The van der Waals surface area contributed by atoms with E-state index in [0.717, 1.165) is 52.3 Å². The Bertz CT molecular complexity index is 1720. The molecule has 0 radical (unpaired) electrons. The van der Waals surface area contributed by atoms with Crippen molar-refractivity contribution in [1.29, 1.82) is 0 Å². The molecule has 2 aromatic carbocycles. The SMILES string of the molecule is CCCNCCc1ccc(-c2cc3nccc(Oc4ccc(CC(=S)CC(=O)Cc5ccc(F)cc5)cc4F)c3s2)nc1. The molecule has 0 bridgehead atoms. The molecule has 0 aliphatic rings. The van der Waals surface area contributed by atoms with Gasteiger partial charge in [-0.05, 0) is 79.0 Å². The molecule has 9 heteroatoms. The van der Waals surface area contributed by atoms with E-state index in [-0.39, 0.29) is 36.6 Å². The highest BCUT2D eigenvalue weighted by atomic mass is 32.1. The summed E-state index contributed by atoms with van der Waals surface area (Å²) in [7, 11) is 0. The van der Waals surface area contributed by atoms with Crippen molar-refractivity contribution in [2.45, 2.75) is 39.0 Å². The van der Waals surface area contributed by atoms with E-state index in [4.69, 9.17) is 17.0 Å². The molecule has 0 atom stereocenters. The van der Waals surface area contributed by atoms with E-state index < -0.39 is 5.82 Å². The Morgan fingerprint density at radius 1 is 0.907 bits per heavy atom. The number of thiocarbonyl (C=S) groups is 1. The maximum Gasteiger partial charge on any atom is 0.166 e. The summed E-state index contributed by atoms with van der Waals surface area (Å²) in [6.45, 7) is 4.08. The fourth-order valence-corrected chi connectivity index (χ4v) is 6.00. The molecule has 0 fully saturated rings. The van der Waals surface area contributed by atoms with Crippen LogP contribution in [0.15, 0.2) is 79.1 Å². The van der Waals surface area contributed by atoms with Crippen LogP contribution < -0.4 is 10.1 Å². The van der Waals surface area contributed by atoms with Crippen molar-refractivity contribution < 1.29 is 18.3 Å². The molecule has 0 saturated carbocycles. The lowest BCUT2D eigenvalue weighted by molar-refractivity contribution is -0.117. The molecule has 5 rings (SSSR count). The fourth-order valence-electron chi connectivity index (χ4n) is 4.63. The average molecular weight is 616 g/mol. The van der Waals surface area contributed by atoms with Gasteiger partial charge in [0.2, 0.25) is 0 Å². The second kappa shape index (κ2) is 14.5. The normalized spacial score (nSPS) is 11.1. The molecular formula is C34H31F2N3O2S2. The van der Waals surface area contributed by atoms with Crippen LogP contribution in [0.25, 0.3) is 20.8 Å². The fraction of sp³-hybridized carbons (Fsp3) is 0.235. The van der Waals surface area contributed by atoms with E-state index in [0.29, 0.717) is 16.2 Å². The van der Waals surface area contributed by atoms with E-state index >= 15 is 4.39 Å². The highest BCUT2D eigenvalue weighted by molar-refractivity contribution is 7.80. The molecular weight excluding hydrogens is 585 g/mol. The van der Waals surface area contributed by atoms with Gasteiger partial charge in [0.25, 0.3) is 0 Å². The van der Waals surface area contributed by atoms with Crippen LogP contribution in [0, 0.1) is 11.6 Å². The number of pyridine rings is 2. The van der Waals surface area contributed by atoms with Gasteiger partial charge in [0, 0.05) is 42.6 Å². The first kappa shape index (κ1) is 30.5. The van der Waals surface area contributed by atoms with Gasteiger partial charge >= 0.3 is 0 Å². The first-order chi connectivity index (χ1) is 20.9. The Kier molecular flexibility index (Phi) is 10.3. The highest BCUT2D eigenvalue weighted by Gasteiger charge is 2.15. The third kappa shape index (κ3) is 8.34. The maximum absolute atomic E-state index is 15.1. The Labute approximate surface area is 259 Å². The Morgan fingerprint density at radius 3 is 2.44 bits per heavy atom. The standard InChI is InChI=1S/C34H31F2N3O2S2/c1-2-13-37-14-11-23-5-9-29(39-21-23)33-20-30-34(43-33)32(12-15-38-30)41-31-10-6-24(18-28(31)36)17-27(42)19-26(40)16-22-3-7-25(35)8-4-22/h3-10,12,15,18,20-21,37H,2,11,13-14,16-17,19H2,1H3. The first-order valence-electron chi connectivity index (χ1n) is 14.2. The Balaban J connectivity index is 1.22. The summed E-state index contributed by atoms with van der Waals surface area (Å²) < 4.78 is 35.0. The number of hydrogen-bond donors (Lipinski definition) is 1. The van der Waals surface area contributed by atoms with Gasteiger partial charge in [0.05, 0.1) is 20.8 Å². The predicted molar refractivity (Wildman–Crippen MR) is 172 cm³/mol. The van der Waals surface area contributed by atoms with E-state index in [9.17, 15) is 9.18 Å². The second-order valence-electron chi connectivity index (χ2n) is 10.3. The van der Waals surface area contributed by atoms with Crippen molar-refractivity contribution in [3.8, 4) is 22.1 Å². The number of thiophene rings is 1. The summed E-state index contributed by atoms with van der Waals surface area (Å²) in [5, 5.41) is 3.40. The zero-order valence-corrected chi connectivity index (χ0v) is 25.4. The summed E-state index contributed by atoms with van der Waals surface area (Å²) in [5.74, 6) is -0.346. The Morgan fingerprint density at radius 2 is 1.70 bits per heavy atom. The number of Topliss-reactive ketones (excluding diaryl/α,β-unsaturated/α-hetero) is 1. The molecule has 0 aliphatic heterocycles. The second-order valence-corrected chi connectivity index (χ2v) is 11.9. The molecule has 0 unspecified atom stereocenters. The molecule has 0 aliphatic carbocycles. The summed E-state index contributed by atoms with van der Waals surface area (Å²) in [5.41, 5.74) is 4.15. The van der Waals surface area contributed by atoms with Crippen LogP contribution in [0.1, 0.15) is 36.5 Å². The van der Waals surface area contributed by atoms with Crippen molar-refractivity contribution in [3.05, 3.63) is 107 Å². The molecule has 0 saturated heterocycles. The average Bonchev–Trinajstić information content (AvgIpc) is 3.44. The first-order valence-corrected chi connectivity index (χ1v) is 15.4. The molecule has 3 heterocycles. The third-order valence-corrected chi connectivity index (χ3v) is 8.25. The molecule has 3 aromatic heterocycles. The van der Waals surface area contributed by atoms with Gasteiger partial charge in [0.1, 0.15) is 17.3 Å². The molecule has 220 valence electrons. The van der Waals surface area contributed by atoms with Crippen LogP contribution in [-0.2, 0) is 24.1 Å². The summed E-state index contributed by atoms with van der Waals surface area (Å²) in [6.07, 6.45) is 6.13. The summed E-state index contributed by atoms with van der Waals surface area (Å²) in [4.78, 5) is 23.0. The zero-order chi connectivity index (χ0) is 30.2. The van der Waals surface area contributed by atoms with Crippen LogP contribution in [0.5, 0.6) is 11.5 Å². The third-order valence-electron chi connectivity index (χ3n) is 6.80. The molecule has 0 spiro atoms. The minimum absolute atomic E-state index is 0.0695. The largest absolute Gasteiger partial charge is 0.453 e. The van der Waals surface area contributed by atoms with Crippen molar-refractivity contribution in [3.63, 3.8) is 0 Å². The van der Waals surface area contributed by atoms with Gasteiger partial charge < -0.3 is 10.1 Å². The molecule has 5 nitrogen and oxygen atoms in total. The van der Waals surface area contributed by atoms with Crippen LogP contribution >= 0.6 is 23.6 Å². The highest BCUT2D eigenvalue weighted by Crippen LogP contribution is 2.39. The maximum atomic E-state index is 15.1. The smallest absolute Gasteiger partial charge is 0.166 e. The van der Waals surface area contributed by atoms with Gasteiger partial charge in [-0.1, -0.05) is 43.4 Å².